The fourth-order valence-electron chi connectivity index (χ4n) is 3.14. The van der Waals surface area contributed by atoms with Crippen molar-refractivity contribution in [2.24, 2.45) is 0 Å². The highest BCUT2D eigenvalue weighted by molar-refractivity contribution is 8.00. The average molecular weight is 492 g/mol. The summed E-state index contributed by atoms with van der Waals surface area (Å²) >= 11 is 1.24. The van der Waals surface area contributed by atoms with E-state index < -0.39 is 12.6 Å². The van der Waals surface area contributed by atoms with Crippen LogP contribution in [0.15, 0.2) is 47.6 Å². The van der Waals surface area contributed by atoms with Crippen molar-refractivity contribution in [3.8, 4) is 11.6 Å². The number of pyridine rings is 1. The van der Waals surface area contributed by atoms with E-state index in [9.17, 15) is 23.5 Å². The zero-order valence-electron chi connectivity index (χ0n) is 18.7. The lowest BCUT2D eigenvalue weighted by Gasteiger charge is -2.12. The van der Waals surface area contributed by atoms with Gasteiger partial charge in [0, 0.05) is 11.8 Å². The van der Waals surface area contributed by atoms with Gasteiger partial charge in [0.2, 0.25) is 5.91 Å². The number of aromatic hydroxyl groups is 1. The minimum atomic E-state index is -2.90. The monoisotopic (exact) mass is 491 g/mol. The number of halogens is 2. The number of amides is 1. The summed E-state index contributed by atoms with van der Waals surface area (Å²) in [7, 11) is 1.27. The number of methoxy groups -OCH3 is 1. The number of carbonyl (C=O) groups is 2. The topological polar surface area (TPSA) is 103 Å². The number of esters is 1. The van der Waals surface area contributed by atoms with Crippen molar-refractivity contribution in [1.29, 1.82) is 0 Å². The van der Waals surface area contributed by atoms with E-state index in [-0.39, 0.29) is 41.2 Å². The second-order valence-electron chi connectivity index (χ2n) is 7.25. The summed E-state index contributed by atoms with van der Waals surface area (Å²) in [6, 6.07) is 9.12. The molecule has 0 aliphatic heterocycles. The molecule has 2 N–H and O–H groups in total. The van der Waals surface area contributed by atoms with Gasteiger partial charge in [0.05, 0.1) is 30.0 Å². The average Bonchev–Trinajstić information content (AvgIpc) is 3.01. The van der Waals surface area contributed by atoms with E-state index in [0.717, 1.165) is 11.1 Å². The van der Waals surface area contributed by atoms with Crippen molar-refractivity contribution < 1.29 is 33.0 Å². The summed E-state index contributed by atoms with van der Waals surface area (Å²) in [6.07, 6.45) is 1.31. The van der Waals surface area contributed by atoms with Gasteiger partial charge in [-0.3, -0.25) is 4.79 Å². The summed E-state index contributed by atoms with van der Waals surface area (Å²) < 4.78 is 35.3. The summed E-state index contributed by atoms with van der Waals surface area (Å²) in [4.78, 5) is 28.0. The number of ether oxygens (including phenoxy) is 2. The molecule has 0 spiro atoms. The van der Waals surface area contributed by atoms with Crippen LogP contribution in [0.3, 0.4) is 0 Å². The lowest BCUT2D eigenvalue weighted by atomic mass is 10.2. The van der Waals surface area contributed by atoms with Gasteiger partial charge in [-0.15, -0.1) is 0 Å². The molecule has 8 nitrogen and oxygen atoms in total. The largest absolute Gasteiger partial charge is 0.494 e. The van der Waals surface area contributed by atoms with Crippen LogP contribution in [0.1, 0.15) is 27.0 Å². The molecule has 2 aromatic heterocycles. The first kappa shape index (κ1) is 25.0. The molecule has 0 bridgehead atoms. The lowest BCUT2D eigenvalue weighted by molar-refractivity contribution is -0.113. The minimum Gasteiger partial charge on any atom is -0.494 e. The number of alkyl halides is 2. The number of nitrogens with one attached hydrogen (secondary N) is 1. The highest BCUT2D eigenvalue weighted by atomic mass is 32.2. The van der Waals surface area contributed by atoms with Gasteiger partial charge in [-0.05, 0) is 49.2 Å². The molecule has 1 amide bonds. The quantitative estimate of drug-likeness (QED) is 0.338. The molecule has 0 saturated heterocycles. The molecular formula is C23H23F2N3O5S. The Kier molecular flexibility index (Phi) is 8.11. The molecule has 180 valence electrons. The number of anilines is 1. The zero-order valence-corrected chi connectivity index (χ0v) is 19.5. The Bertz CT molecular complexity index is 1160. The number of rotatable bonds is 9. The molecule has 0 fully saturated rings. The van der Waals surface area contributed by atoms with Gasteiger partial charge < -0.3 is 24.5 Å². The number of carbonyl (C=O) groups excluding carboxylic acids is 2. The predicted molar refractivity (Wildman–Crippen MR) is 123 cm³/mol. The van der Waals surface area contributed by atoms with E-state index in [4.69, 9.17) is 0 Å². The van der Waals surface area contributed by atoms with Crippen LogP contribution >= 0.6 is 11.8 Å². The molecule has 34 heavy (non-hydrogen) atoms. The Morgan fingerprint density at radius 1 is 1.15 bits per heavy atom. The highest BCUT2D eigenvalue weighted by Crippen LogP contribution is 2.35. The predicted octanol–water partition coefficient (Wildman–Crippen LogP) is 4.37. The number of aromatic nitrogens is 2. The molecule has 0 saturated carbocycles. The lowest BCUT2D eigenvalue weighted by Crippen LogP contribution is -2.16. The summed E-state index contributed by atoms with van der Waals surface area (Å²) in [5.41, 5.74) is 2.53. The van der Waals surface area contributed by atoms with Crippen molar-refractivity contribution in [3.05, 3.63) is 64.8 Å². The Hall–Kier alpha value is -3.60. The number of hydrogen-bond donors (Lipinski definition) is 2. The van der Waals surface area contributed by atoms with Gasteiger partial charge in [-0.2, -0.15) is 8.78 Å². The van der Waals surface area contributed by atoms with Gasteiger partial charge in [0.1, 0.15) is 11.6 Å². The van der Waals surface area contributed by atoms with Crippen molar-refractivity contribution in [2.45, 2.75) is 32.0 Å². The molecule has 1 aromatic carbocycles. The van der Waals surface area contributed by atoms with Gasteiger partial charge in [0.15, 0.2) is 5.88 Å². The number of hydrogen-bond acceptors (Lipinski definition) is 7. The van der Waals surface area contributed by atoms with Gasteiger partial charge in [-0.1, -0.05) is 23.9 Å². The molecule has 2 heterocycles. The third-order valence-electron chi connectivity index (χ3n) is 5.00. The SMILES string of the molecule is COC(=O)c1ccc(NC(=O)CSc2c(C)c(C)c(O)n2Cc2ccc(OC(F)F)cc2)nc1. The number of nitrogens with zero attached hydrogens (tertiary/aromatic N) is 2. The highest BCUT2D eigenvalue weighted by Gasteiger charge is 2.19. The maximum Gasteiger partial charge on any atom is 0.387 e. The molecule has 0 atom stereocenters. The van der Waals surface area contributed by atoms with E-state index in [1.165, 1.54) is 49.3 Å². The Morgan fingerprint density at radius 3 is 2.44 bits per heavy atom. The first-order valence-electron chi connectivity index (χ1n) is 10.1. The van der Waals surface area contributed by atoms with Crippen LogP contribution in [-0.4, -0.2) is 46.0 Å². The Labute approximate surface area is 198 Å². The van der Waals surface area contributed by atoms with E-state index in [1.54, 1.807) is 23.6 Å². The van der Waals surface area contributed by atoms with E-state index in [1.807, 2.05) is 6.92 Å². The standard InChI is InChI=1S/C23H23F2N3O5S/c1-13-14(2)21(28(20(13)30)11-15-4-7-17(8-5-15)33-23(24)25)34-12-19(29)27-18-9-6-16(10-26-18)22(31)32-3/h4-10,23,30H,11-12H2,1-3H3,(H,26,27,29). The number of thioether (sulfide) groups is 1. The summed E-state index contributed by atoms with van der Waals surface area (Å²) in [6.45, 7) is 0.992. The maximum absolute atomic E-state index is 12.4. The smallest absolute Gasteiger partial charge is 0.387 e. The van der Waals surface area contributed by atoms with Crippen LogP contribution in [0, 0.1) is 13.8 Å². The molecular weight excluding hydrogens is 468 g/mol. The van der Waals surface area contributed by atoms with E-state index in [2.05, 4.69) is 19.8 Å². The van der Waals surface area contributed by atoms with Gasteiger partial charge in [-0.25, -0.2) is 9.78 Å². The van der Waals surface area contributed by atoms with Crippen molar-refractivity contribution in [2.75, 3.05) is 18.2 Å². The molecule has 0 aliphatic rings. The minimum absolute atomic E-state index is 0.0438. The van der Waals surface area contributed by atoms with Crippen molar-refractivity contribution in [3.63, 3.8) is 0 Å². The van der Waals surface area contributed by atoms with Crippen LogP contribution < -0.4 is 10.1 Å². The first-order chi connectivity index (χ1) is 16.2. The molecule has 3 rings (SSSR count). The summed E-state index contributed by atoms with van der Waals surface area (Å²) in [5, 5.41) is 14.0. The molecule has 0 aliphatic carbocycles. The Morgan fingerprint density at radius 2 is 1.85 bits per heavy atom. The third-order valence-corrected chi connectivity index (χ3v) is 6.21. The second-order valence-corrected chi connectivity index (χ2v) is 8.21. The van der Waals surface area contributed by atoms with Crippen molar-refractivity contribution in [1.82, 2.24) is 9.55 Å². The normalized spacial score (nSPS) is 10.9. The Balaban J connectivity index is 1.68. The first-order valence-corrected chi connectivity index (χ1v) is 11.1. The van der Waals surface area contributed by atoms with Gasteiger partial charge in [0.25, 0.3) is 0 Å². The van der Waals surface area contributed by atoms with Crippen LogP contribution in [-0.2, 0) is 16.1 Å². The molecule has 0 radical (unpaired) electrons. The van der Waals surface area contributed by atoms with E-state index >= 15 is 0 Å². The van der Waals surface area contributed by atoms with Crippen LogP contribution in [0.5, 0.6) is 11.6 Å². The van der Waals surface area contributed by atoms with Crippen LogP contribution in [0.2, 0.25) is 0 Å². The molecule has 11 heteroatoms. The fraction of sp³-hybridized carbons (Fsp3) is 0.261. The molecule has 0 unspecified atom stereocenters. The van der Waals surface area contributed by atoms with Crippen LogP contribution in [0.25, 0.3) is 0 Å². The maximum atomic E-state index is 12.4. The third kappa shape index (κ3) is 6.04. The van der Waals surface area contributed by atoms with E-state index in [0.29, 0.717) is 10.6 Å². The molecule has 3 aromatic rings. The van der Waals surface area contributed by atoms with Crippen LogP contribution in [0.4, 0.5) is 14.6 Å². The fourth-order valence-corrected chi connectivity index (χ4v) is 4.16. The number of benzene rings is 1. The zero-order chi connectivity index (χ0) is 24.8. The van der Waals surface area contributed by atoms with Crippen molar-refractivity contribution >= 4 is 29.5 Å². The second kappa shape index (κ2) is 11.0. The van der Waals surface area contributed by atoms with Gasteiger partial charge >= 0.3 is 12.6 Å². The summed E-state index contributed by atoms with van der Waals surface area (Å²) in [5.74, 6) is -0.401.